The minimum atomic E-state index is -0.488. The van der Waals surface area contributed by atoms with Gasteiger partial charge in [-0.2, -0.15) is 5.26 Å². The molecular weight excluding hydrogens is 358 g/mol. The third-order valence-corrected chi connectivity index (χ3v) is 4.46. The van der Waals surface area contributed by atoms with E-state index in [1.807, 2.05) is 19.9 Å². The number of hydrogen-bond donors (Lipinski definition) is 1. The number of nitriles is 1. The highest BCUT2D eigenvalue weighted by Gasteiger charge is 2.18. The van der Waals surface area contributed by atoms with Gasteiger partial charge in [-0.1, -0.05) is 13.8 Å². The summed E-state index contributed by atoms with van der Waals surface area (Å²) in [6.07, 6.45) is 2.15. The summed E-state index contributed by atoms with van der Waals surface area (Å²) in [6, 6.07) is 7.10. The summed E-state index contributed by atoms with van der Waals surface area (Å²) in [5.41, 5.74) is 0.795. The number of rotatable bonds is 7. The van der Waals surface area contributed by atoms with E-state index < -0.39 is 5.56 Å². The Kier molecular flexibility index (Phi) is 6.83. The van der Waals surface area contributed by atoms with E-state index >= 15 is 0 Å². The summed E-state index contributed by atoms with van der Waals surface area (Å²) >= 11 is 0. The Labute approximate surface area is 164 Å². The lowest BCUT2D eigenvalue weighted by atomic mass is 10.1. The average molecular weight is 383 g/mol. The van der Waals surface area contributed by atoms with Crippen LogP contribution in [0, 0.1) is 24.2 Å². The molecule has 0 radical (unpaired) electrons. The molecular formula is C21H25N3O4. The Hall–Kier alpha value is -3.27. The van der Waals surface area contributed by atoms with Crippen molar-refractivity contribution >= 4 is 11.9 Å². The number of aromatic hydroxyl groups is 1. The Bertz CT molecular complexity index is 962. The van der Waals surface area contributed by atoms with E-state index in [1.165, 1.54) is 10.8 Å². The lowest BCUT2D eigenvalue weighted by Crippen LogP contribution is -2.26. The topological polar surface area (TPSA) is 96.8 Å². The minimum Gasteiger partial charge on any atom is -0.497 e. The van der Waals surface area contributed by atoms with Crippen LogP contribution >= 0.6 is 0 Å². The fraction of sp³-hybridized carbons (Fsp3) is 0.381. The van der Waals surface area contributed by atoms with Gasteiger partial charge in [-0.15, -0.1) is 0 Å². The Morgan fingerprint density at radius 2 is 1.86 bits per heavy atom. The van der Waals surface area contributed by atoms with Crippen molar-refractivity contribution in [3.8, 4) is 23.4 Å². The fourth-order valence-electron chi connectivity index (χ4n) is 2.73. The van der Waals surface area contributed by atoms with Gasteiger partial charge in [0.15, 0.2) is 0 Å². The van der Waals surface area contributed by atoms with E-state index in [4.69, 9.17) is 9.47 Å². The number of methoxy groups -OCH3 is 2. The summed E-state index contributed by atoms with van der Waals surface area (Å²) in [5, 5.41) is 20.1. The maximum atomic E-state index is 12.6. The summed E-state index contributed by atoms with van der Waals surface area (Å²) in [5.74, 6) is 1.30. The minimum absolute atomic E-state index is 0.00577. The molecule has 0 atom stereocenters. The first-order valence-electron chi connectivity index (χ1n) is 8.96. The van der Waals surface area contributed by atoms with Crippen molar-refractivity contribution in [2.75, 3.05) is 14.2 Å². The number of ether oxygens (including phenoxy) is 2. The highest BCUT2D eigenvalue weighted by molar-refractivity contribution is 5.87. The molecule has 0 saturated carbocycles. The lowest BCUT2D eigenvalue weighted by molar-refractivity contribution is 0.388. The van der Waals surface area contributed by atoms with Crippen LogP contribution in [0.2, 0.25) is 0 Å². The number of aliphatic imine (C=N–C) groups is 1. The van der Waals surface area contributed by atoms with Gasteiger partial charge in [0.25, 0.3) is 5.56 Å². The Morgan fingerprint density at radius 3 is 2.36 bits per heavy atom. The summed E-state index contributed by atoms with van der Waals surface area (Å²) in [6.45, 7) is 6.01. The number of hydrogen-bond acceptors (Lipinski definition) is 6. The second-order valence-electron chi connectivity index (χ2n) is 6.82. The van der Waals surface area contributed by atoms with Crippen molar-refractivity contribution in [3.63, 3.8) is 0 Å². The van der Waals surface area contributed by atoms with Gasteiger partial charge in [-0.25, -0.2) is 0 Å². The molecule has 2 aromatic rings. The van der Waals surface area contributed by atoms with Crippen LogP contribution in [-0.4, -0.2) is 30.1 Å². The zero-order chi connectivity index (χ0) is 20.8. The third kappa shape index (κ3) is 4.52. The molecule has 28 heavy (non-hydrogen) atoms. The van der Waals surface area contributed by atoms with Crippen molar-refractivity contribution in [2.24, 2.45) is 10.9 Å². The largest absolute Gasteiger partial charge is 0.497 e. The van der Waals surface area contributed by atoms with E-state index in [9.17, 15) is 15.2 Å². The third-order valence-electron chi connectivity index (χ3n) is 4.46. The normalized spacial score (nSPS) is 11.0. The van der Waals surface area contributed by atoms with Crippen molar-refractivity contribution in [2.45, 2.75) is 33.7 Å². The first-order valence-corrected chi connectivity index (χ1v) is 8.96. The smallest absolute Gasteiger partial charge is 0.271 e. The lowest BCUT2D eigenvalue weighted by Gasteiger charge is -2.15. The molecule has 0 fully saturated rings. The zero-order valence-corrected chi connectivity index (χ0v) is 16.8. The summed E-state index contributed by atoms with van der Waals surface area (Å²) in [4.78, 5) is 16.9. The van der Waals surface area contributed by atoms with E-state index in [0.717, 1.165) is 0 Å². The molecule has 1 N–H and O–H groups in total. The first kappa shape index (κ1) is 21.0. The molecule has 0 unspecified atom stereocenters. The molecule has 1 aromatic heterocycles. The number of nitrogens with zero attached hydrogens (tertiary/aromatic N) is 3. The van der Waals surface area contributed by atoms with Crippen molar-refractivity contribution in [1.82, 2.24) is 4.57 Å². The molecule has 0 aliphatic carbocycles. The fourth-order valence-corrected chi connectivity index (χ4v) is 2.73. The van der Waals surface area contributed by atoms with Gasteiger partial charge in [0, 0.05) is 31.0 Å². The molecule has 0 spiro atoms. The van der Waals surface area contributed by atoms with Crippen molar-refractivity contribution < 1.29 is 14.6 Å². The molecule has 2 rings (SSSR count). The number of benzene rings is 1. The van der Waals surface area contributed by atoms with Crippen LogP contribution in [0.15, 0.2) is 28.0 Å². The molecule has 7 heteroatoms. The van der Waals surface area contributed by atoms with E-state index in [2.05, 4.69) is 4.99 Å². The summed E-state index contributed by atoms with van der Waals surface area (Å²) < 4.78 is 11.7. The molecule has 7 nitrogen and oxygen atoms in total. The van der Waals surface area contributed by atoms with Gasteiger partial charge in [-0.3, -0.25) is 14.4 Å². The number of aromatic nitrogens is 1. The summed E-state index contributed by atoms with van der Waals surface area (Å²) in [7, 11) is 3.09. The maximum Gasteiger partial charge on any atom is 0.271 e. The van der Waals surface area contributed by atoms with Gasteiger partial charge in [0.2, 0.25) is 5.88 Å². The zero-order valence-electron chi connectivity index (χ0n) is 16.8. The number of pyridine rings is 1. The average Bonchev–Trinajstić information content (AvgIpc) is 2.67. The highest BCUT2D eigenvalue weighted by Crippen LogP contribution is 2.28. The van der Waals surface area contributed by atoms with Crippen LogP contribution in [0.1, 0.15) is 37.0 Å². The standard InChI is InChI=1S/C21H25N3O4/c1-13(2)6-7-24-20(25)18(11-22)14(3)19(21(24)26)12-23-15-8-16(27-4)10-17(9-15)28-5/h8-10,12-13,26H,6-7H2,1-5H3. The van der Waals surface area contributed by atoms with Gasteiger partial charge < -0.3 is 14.6 Å². The van der Waals surface area contributed by atoms with Crippen LogP contribution in [0.5, 0.6) is 17.4 Å². The quantitative estimate of drug-likeness (QED) is 0.738. The SMILES string of the molecule is COc1cc(N=Cc2c(C)c(C#N)c(=O)n(CCC(C)C)c2O)cc(OC)c1. The molecule has 1 heterocycles. The highest BCUT2D eigenvalue weighted by atomic mass is 16.5. The molecule has 0 saturated heterocycles. The predicted molar refractivity (Wildman–Crippen MR) is 108 cm³/mol. The van der Waals surface area contributed by atoms with Gasteiger partial charge in [-0.05, 0) is 24.8 Å². The van der Waals surface area contributed by atoms with Gasteiger partial charge in [0.05, 0.1) is 25.5 Å². The Balaban J connectivity index is 2.56. The van der Waals surface area contributed by atoms with E-state index in [0.29, 0.717) is 47.2 Å². The maximum absolute atomic E-state index is 12.6. The van der Waals surface area contributed by atoms with E-state index in [-0.39, 0.29) is 11.4 Å². The van der Waals surface area contributed by atoms with Gasteiger partial charge in [0.1, 0.15) is 23.1 Å². The van der Waals surface area contributed by atoms with Crippen molar-refractivity contribution in [3.05, 3.63) is 45.2 Å². The van der Waals surface area contributed by atoms with Crippen LogP contribution < -0.4 is 15.0 Å². The molecule has 0 amide bonds. The molecule has 1 aromatic carbocycles. The second-order valence-corrected chi connectivity index (χ2v) is 6.82. The van der Waals surface area contributed by atoms with Crippen LogP contribution in [0.25, 0.3) is 0 Å². The Morgan fingerprint density at radius 1 is 1.25 bits per heavy atom. The van der Waals surface area contributed by atoms with Crippen molar-refractivity contribution in [1.29, 1.82) is 5.26 Å². The first-order chi connectivity index (χ1) is 13.3. The van der Waals surface area contributed by atoms with Gasteiger partial charge >= 0.3 is 0 Å². The molecule has 0 bridgehead atoms. The van der Waals surface area contributed by atoms with Crippen LogP contribution in [0.3, 0.4) is 0 Å². The monoisotopic (exact) mass is 383 g/mol. The molecule has 0 aliphatic rings. The molecule has 0 aliphatic heterocycles. The second kappa shape index (κ2) is 9.09. The predicted octanol–water partition coefficient (Wildman–Crippen LogP) is 3.55. The van der Waals surface area contributed by atoms with Crippen LogP contribution in [0.4, 0.5) is 5.69 Å². The molecule has 148 valence electrons. The van der Waals surface area contributed by atoms with Crippen LogP contribution in [-0.2, 0) is 6.54 Å². The van der Waals surface area contributed by atoms with E-state index in [1.54, 1.807) is 39.3 Å².